The highest BCUT2D eigenvalue weighted by atomic mass is 16.3. The number of nitrogens with zero attached hydrogens (tertiary/aromatic N) is 1. The summed E-state index contributed by atoms with van der Waals surface area (Å²) >= 11 is 0. The highest BCUT2D eigenvalue weighted by molar-refractivity contribution is 5.87. The minimum absolute atomic E-state index is 0.0214. The van der Waals surface area contributed by atoms with Gasteiger partial charge in [-0.05, 0) is 40.1 Å². The molecule has 0 spiro atoms. The zero-order valence-electron chi connectivity index (χ0n) is 10.2. The van der Waals surface area contributed by atoms with Crippen molar-refractivity contribution in [2.24, 2.45) is 0 Å². The number of phenols is 1. The van der Waals surface area contributed by atoms with Crippen LogP contribution in [0.5, 0.6) is 5.75 Å². The summed E-state index contributed by atoms with van der Waals surface area (Å²) in [4.78, 5) is 0. The molecule has 0 aliphatic carbocycles. The second-order valence-corrected chi connectivity index (χ2v) is 4.41. The lowest BCUT2D eigenvalue weighted by Gasteiger charge is -2.05. The van der Waals surface area contributed by atoms with Gasteiger partial charge in [-0.25, -0.2) is 0 Å². The number of hydrogen-bond donors (Lipinski definition) is 1. The molecule has 2 heteroatoms. The molecule has 0 saturated carbocycles. The third-order valence-electron chi connectivity index (χ3n) is 3.20. The SMILES string of the molecule is N#Cc1ccc(-c2ccc3ccccc3c2)cc1O. The summed E-state index contributed by atoms with van der Waals surface area (Å²) in [7, 11) is 0. The number of aromatic hydroxyl groups is 1. The van der Waals surface area contributed by atoms with Crippen molar-refractivity contribution in [2.45, 2.75) is 0 Å². The molecule has 0 heterocycles. The van der Waals surface area contributed by atoms with Crippen LogP contribution in [-0.4, -0.2) is 5.11 Å². The van der Waals surface area contributed by atoms with Crippen LogP contribution in [0.4, 0.5) is 0 Å². The molecule has 0 radical (unpaired) electrons. The lowest BCUT2D eigenvalue weighted by Crippen LogP contribution is -1.81. The first-order valence-electron chi connectivity index (χ1n) is 6.00. The van der Waals surface area contributed by atoms with Crippen molar-refractivity contribution in [2.75, 3.05) is 0 Å². The molecule has 0 unspecified atom stereocenters. The molecule has 0 saturated heterocycles. The number of rotatable bonds is 1. The Labute approximate surface area is 111 Å². The van der Waals surface area contributed by atoms with Crippen LogP contribution in [0.3, 0.4) is 0 Å². The van der Waals surface area contributed by atoms with E-state index in [-0.39, 0.29) is 5.75 Å². The predicted octanol–water partition coefficient (Wildman–Crippen LogP) is 4.08. The van der Waals surface area contributed by atoms with Crippen LogP contribution in [-0.2, 0) is 0 Å². The third kappa shape index (κ3) is 2.02. The highest BCUT2D eigenvalue weighted by Crippen LogP contribution is 2.28. The average Bonchev–Trinajstić information content (AvgIpc) is 2.46. The third-order valence-corrected chi connectivity index (χ3v) is 3.20. The van der Waals surface area contributed by atoms with Gasteiger partial charge < -0.3 is 5.11 Å². The maximum atomic E-state index is 9.74. The van der Waals surface area contributed by atoms with Gasteiger partial charge in [-0.15, -0.1) is 0 Å². The molecule has 1 N–H and O–H groups in total. The van der Waals surface area contributed by atoms with Gasteiger partial charge in [0.1, 0.15) is 11.8 Å². The van der Waals surface area contributed by atoms with Crippen LogP contribution in [0, 0.1) is 11.3 Å². The normalized spacial score (nSPS) is 10.3. The number of nitriles is 1. The lowest BCUT2D eigenvalue weighted by molar-refractivity contribution is 0.474. The molecule has 3 aromatic carbocycles. The van der Waals surface area contributed by atoms with Gasteiger partial charge in [0, 0.05) is 0 Å². The fraction of sp³-hybridized carbons (Fsp3) is 0. The molecule has 0 amide bonds. The van der Waals surface area contributed by atoms with E-state index in [1.807, 2.05) is 30.3 Å². The molecule has 0 fully saturated rings. The van der Waals surface area contributed by atoms with Crippen LogP contribution in [0.2, 0.25) is 0 Å². The first kappa shape index (κ1) is 11.3. The zero-order chi connectivity index (χ0) is 13.2. The van der Waals surface area contributed by atoms with E-state index < -0.39 is 0 Å². The van der Waals surface area contributed by atoms with Gasteiger partial charge in [0.2, 0.25) is 0 Å². The summed E-state index contributed by atoms with van der Waals surface area (Å²) in [6, 6.07) is 21.4. The number of benzene rings is 3. The Balaban J connectivity index is 2.14. The molecule has 90 valence electrons. The van der Waals surface area contributed by atoms with Gasteiger partial charge >= 0.3 is 0 Å². The fourth-order valence-corrected chi connectivity index (χ4v) is 2.17. The number of hydrogen-bond acceptors (Lipinski definition) is 2. The van der Waals surface area contributed by atoms with Crippen molar-refractivity contribution in [1.82, 2.24) is 0 Å². The Morgan fingerprint density at radius 3 is 2.21 bits per heavy atom. The molecular formula is C17H11NO. The summed E-state index contributed by atoms with van der Waals surface area (Å²) in [5.41, 5.74) is 2.23. The Bertz CT molecular complexity index is 800. The molecule has 0 atom stereocenters. The quantitative estimate of drug-likeness (QED) is 0.701. The molecule has 0 aromatic heterocycles. The van der Waals surface area contributed by atoms with Crippen LogP contribution < -0.4 is 0 Å². The molecular weight excluding hydrogens is 234 g/mol. The van der Waals surface area contributed by atoms with Crippen molar-refractivity contribution in [3.8, 4) is 22.9 Å². The molecule has 3 rings (SSSR count). The summed E-state index contributed by atoms with van der Waals surface area (Å²) in [6.45, 7) is 0. The van der Waals surface area contributed by atoms with Gasteiger partial charge in [0.25, 0.3) is 0 Å². The Morgan fingerprint density at radius 2 is 1.47 bits per heavy atom. The smallest absolute Gasteiger partial charge is 0.133 e. The summed E-state index contributed by atoms with van der Waals surface area (Å²) in [5, 5.41) is 20.9. The molecule has 0 aliphatic heterocycles. The van der Waals surface area contributed by atoms with E-state index in [4.69, 9.17) is 5.26 Å². The van der Waals surface area contributed by atoms with E-state index in [0.717, 1.165) is 16.5 Å². The van der Waals surface area contributed by atoms with Crippen molar-refractivity contribution in [1.29, 1.82) is 5.26 Å². The van der Waals surface area contributed by atoms with Crippen LogP contribution >= 0.6 is 0 Å². The Kier molecular flexibility index (Phi) is 2.66. The highest BCUT2D eigenvalue weighted by Gasteiger charge is 2.04. The average molecular weight is 245 g/mol. The van der Waals surface area contributed by atoms with E-state index >= 15 is 0 Å². The molecule has 0 bridgehead atoms. The van der Waals surface area contributed by atoms with Gasteiger partial charge in [-0.1, -0.05) is 42.5 Å². The van der Waals surface area contributed by atoms with Crippen LogP contribution in [0.15, 0.2) is 60.7 Å². The number of phenolic OH excluding ortho intramolecular Hbond substituents is 1. The summed E-state index contributed by atoms with van der Waals surface area (Å²) in [5.74, 6) is 0.0214. The second kappa shape index (κ2) is 4.47. The first-order valence-corrected chi connectivity index (χ1v) is 6.00. The van der Waals surface area contributed by atoms with Crippen LogP contribution in [0.25, 0.3) is 21.9 Å². The number of fused-ring (bicyclic) bond motifs is 1. The van der Waals surface area contributed by atoms with Gasteiger partial charge in [0.15, 0.2) is 0 Å². The Morgan fingerprint density at radius 1 is 0.789 bits per heavy atom. The topological polar surface area (TPSA) is 44.0 Å². The summed E-state index contributed by atoms with van der Waals surface area (Å²) in [6.07, 6.45) is 0. The molecule has 3 aromatic rings. The standard InChI is InChI=1S/C17H11NO/c18-11-16-8-7-15(10-17(16)19)14-6-5-12-3-1-2-4-13(12)9-14/h1-10,19H. The lowest BCUT2D eigenvalue weighted by atomic mass is 10.00. The van der Waals surface area contributed by atoms with E-state index in [9.17, 15) is 5.11 Å². The van der Waals surface area contributed by atoms with Crippen molar-refractivity contribution in [3.05, 3.63) is 66.2 Å². The first-order chi connectivity index (χ1) is 9.28. The van der Waals surface area contributed by atoms with E-state index in [1.165, 1.54) is 5.39 Å². The molecule has 0 aliphatic rings. The summed E-state index contributed by atoms with van der Waals surface area (Å²) < 4.78 is 0. The van der Waals surface area contributed by atoms with E-state index in [0.29, 0.717) is 5.56 Å². The predicted molar refractivity (Wildman–Crippen MR) is 75.8 cm³/mol. The van der Waals surface area contributed by atoms with E-state index in [2.05, 4.69) is 24.3 Å². The maximum absolute atomic E-state index is 9.74. The Hall–Kier alpha value is -2.79. The van der Waals surface area contributed by atoms with Gasteiger partial charge in [-0.2, -0.15) is 5.26 Å². The minimum Gasteiger partial charge on any atom is -0.507 e. The van der Waals surface area contributed by atoms with Crippen LogP contribution in [0.1, 0.15) is 5.56 Å². The fourth-order valence-electron chi connectivity index (χ4n) is 2.17. The van der Waals surface area contributed by atoms with Gasteiger partial charge in [0.05, 0.1) is 5.56 Å². The second-order valence-electron chi connectivity index (χ2n) is 4.41. The zero-order valence-corrected chi connectivity index (χ0v) is 10.2. The monoisotopic (exact) mass is 245 g/mol. The van der Waals surface area contributed by atoms with Crippen molar-refractivity contribution in [3.63, 3.8) is 0 Å². The van der Waals surface area contributed by atoms with Crippen molar-refractivity contribution < 1.29 is 5.11 Å². The maximum Gasteiger partial charge on any atom is 0.133 e. The molecule has 19 heavy (non-hydrogen) atoms. The molecule has 2 nitrogen and oxygen atoms in total. The van der Waals surface area contributed by atoms with Crippen molar-refractivity contribution >= 4 is 10.8 Å². The van der Waals surface area contributed by atoms with E-state index in [1.54, 1.807) is 12.1 Å². The van der Waals surface area contributed by atoms with Gasteiger partial charge in [-0.3, -0.25) is 0 Å². The minimum atomic E-state index is 0.0214. The largest absolute Gasteiger partial charge is 0.507 e.